The number of ether oxygens (including phenoxy) is 1. The zero-order valence-corrected chi connectivity index (χ0v) is 21.6. The molecule has 0 aliphatic carbocycles. The third-order valence-electron chi connectivity index (χ3n) is 5.71. The fourth-order valence-corrected chi connectivity index (χ4v) is 4.71. The summed E-state index contributed by atoms with van der Waals surface area (Å²) in [6.07, 6.45) is 3.13. The Morgan fingerprint density at radius 1 is 1.15 bits per heavy atom. The van der Waals surface area contributed by atoms with Gasteiger partial charge in [-0.05, 0) is 75.5 Å². The molecule has 2 aromatic carbocycles. The third-order valence-corrected chi connectivity index (χ3v) is 6.79. The SMILES string of the molecule is CSc1ccc(-c2noc(C3=C(C)N(CCCOC(C)C)C(=S)NC3c3ccccc3)n2)cc1. The normalized spacial score (nSPS) is 16.3. The summed E-state index contributed by atoms with van der Waals surface area (Å²) in [5, 5.41) is 8.48. The molecule has 1 unspecified atom stereocenters. The summed E-state index contributed by atoms with van der Waals surface area (Å²) in [6, 6.07) is 18.2. The molecule has 0 saturated heterocycles. The molecular weight excluding hydrogens is 464 g/mol. The highest BCUT2D eigenvalue weighted by molar-refractivity contribution is 7.98. The number of hydrogen-bond donors (Lipinski definition) is 1. The molecule has 1 aromatic heterocycles. The van der Waals surface area contributed by atoms with Crippen LogP contribution in [0.3, 0.4) is 0 Å². The zero-order valence-electron chi connectivity index (χ0n) is 19.9. The van der Waals surface area contributed by atoms with E-state index in [9.17, 15) is 0 Å². The van der Waals surface area contributed by atoms with Gasteiger partial charge in [0, 0.05) is 29.3 Å². The molecule has 178 valence electrons. The summed E-state index contributed by atoms with van der Waals surface area (Å²) in [5.41, 5.74) is 3.95. The van der Waals surface area contributed by atoms with Crippen molar-refractivity contribution in [3.05, 3.63) is 71.7 Å². The second kappa shape index (κ2) is 11.2. The first kappa shape index (κ1) is 24.4. The Morgan fingerprint density at radius 2 is 1.88 bits per heavy atom. The molecule has 0 saturated carbocycles. The van der Waals surface area contributed by atoms with Crippen LogP contribution in [0.15, 0.2) is 69.7 Å². The van der Waals surface area contributed by atoms with Crippen LogP contribution in [-0.4, -0.2) is 45.7 Å². The fourth-order valence-electron chi connectivity index (χ4n) is 3.96. The van der Waals surface area contributed by atoms with Gasteiger partial charge >= 0.3 is 0 Å². The van der Waals surface area contributed by atoms with Gasteiger partial charge in [0.25, 0.3) is 5.89 Å². The Balaban J connectivity index is 1.68. The van der Waals surface area contributed by atoms with Gasteiger partial charge in [-0.1, -0.05) is 35.5 Å². The molecule has 4 rings (SSSR count). The first-order chi connectivity index (χ1) is 16.5. The second-order valence-electron chi connectivity index (χ2n) is 8.37. The Labute approximate surface area is 210 Å². The largest absolute Gasteiger partial charge is 0.379 e. The van der Waals surface area contributed by atoms with E-state index in [1.54, 1.807) is 11.8 Å². The Bertz CT molecular complexity index is 1140. The van der Waals surface area contributed by atoms with Gasteiger partial charge in [0.2, 0.25) is 5.82 Å². The molecule has 0 radical (unpaired) electrons. The van der Waals surface area contributed by atoms with Crippen LogP contribution in [0.4, 0.5) is 0 Å². The highest BCUT2D eigenvalue weighted by Gasteiger charge is 2.33. The first-order valence-electron chi connectivity index (χ1n) is 11.4. The van der Waals surface area contributed by atoms with E-state index in [2.05, 4.69) is 52.8 Å². The van der Waals surface area contributed by atoms with E-state index in [1.807, 2.05) is 44.2 Å². The van der Waals surface area contributed by atoms with Crippen molar-refractivity contribution in [3.63, 3.8) is 0 Å². The predicted molar refractivity (Wildman–Crippen MR) is 141 cm³/mol. The lowest BCUT2D eigenvalue weighted by molar-refractivity contribution is 0.0749. The van der Waals surface area contributed by atoms with E-state index < -0.39 is 0 Å². The highest BCUT2D eigenvalue weighted by Crippen LogP contribution is 2.37. The number of hydrogen-bond acceptors (Lipinski definition) is 6. The summed E-state index contributed by atoms with van der Waals surface area (Å²) >= 11 is 7.46. The third kappa shape index (κ3) is 5.51. The summed E-state index contributed by atoms with van der Waals surface area (Å²) in [5.74, 6) is 1.06. The molecule has 8 heteroatoms. The van der Waals surface area contributed by atoms with Gasteiger partial charge in [-0.25, -0.2) is 0 Å². The Hall–Kier alpha value is -2.68. The number of thiocarbonyl (C=S) groups is 1. The molecule has 6 nitrogen and oxygen atoms in total. The van der Waals surface area contributed by atoms with Crippen molar-refractivity contribution in [2.45, 2.75) is 44.2 Å². The maximum atomic E-state index is 5.82. The number of thioether (sulfide) groups is 1. The van der Waals surface area contributed by atoms with Crippen molar-refractivity contribution in [2.75, 3.05) is 19.4 Å². The number of allylic oxidation sites excluding steroid dienone is 1. The first-order valence-corrected chi connectivity index (χ1v) is 13.0. The van der Waals surface area contributed by atoms with Crippen LogP contribution in [0.1, 0.15) is 44.7 Å². The molecule has 0 spiro atoms. The smallest absolute Gasteiger partial charge is 0.258 e. The minimum Gasteiger partial charge on any atom is -0.379 e. The van der Waals surface area contributed by atoms with Crippen LogP contribution < -0.4 is 5.32 Å². The maximum absolute atomic E-state index is 5.82. The maximum Gasteiger partial charge on any atom is 0.258 e. The quantitative estimate of drug-likeness (QED) is 0.223. The molecule has 1 aliphatic rings. The van der Waals surface area contributed by atoms with E-state index >= 15 is 0 Å². The van der Waals surface area contributed by atoms with E-state index in [1.165, 1.54) is 4.90 Å². The van der Waals surface area contributed by atoms with Crippen LogP contribution in [0.2, 0.25) is 0 Å². The highest BCUT2D eigenvalue weighted by atomic mass is 32.2. The fraction of sp³-hybridized carbons (Fsp3) is 0.346. The van der Waals surface area contributed by atoms with Crippen molar-refractivity contribution < 1.29 is 9.26 Å². The molecule has 1 N–H and O–H groups in total. The molecule has 0 bridgehead atoms. The van der Waals surface area contributed by atoms with Crippen molar-refractivity contribution in [2.24, 2.45) is 0 Å². The monoisotopic (exact) mass is 494 g/mol. The molecule has 34 heavy (non-hydrogen) atoms. The predicted octanol–water partition coefficient (Wildman–Crippen LogP) is 5.94. The topological polar surface area (TPSA) is 63.4 Å². The average molecular weight is 495 g/mol. The van der Waals surface area contributed by atoms with Gasteiger partial charge in [-0.15, -0.1) is 11.8 Å². The minimum atomic E-state index is -0.177. The van der Waals surface area contributed by atoms with Gasteiger partial charge in [0.1, 0.15) is 0 Å². The van der Waals surface area contributed by atoms with Gasteiger partial charge < -0.3 is 19.5 Å². The van der Waals surface area contributed by atoms with E-state index in [0.717, 1.165) is 35.4 Å². The molecule has 1 atom stereocenters. The van der Waals surface area contributed by atoms with Gasteiger partial charge in [-0.2, -0.15) is 4.98 Å². The number of nitrogens with one attached hydrogen (secondary N) is 1. The zero-order chi connectivity index (χ0) is 24.1. The lowest BCUT2D eigenvalue weighted by Crippen LogP contribution is -2.46. The van der Waals surface area contributed by atoms with E-state index in [0.29, 0.717) is 23.4 Å². The molecule has 0 fully saturated rings. The Morgan fingerprint density at radius 3 is 2.56 bits per heavy atom. The summed E-state index contributed by atoms with van der Waals surface area (Å²) in [7, 11) is 0. The van der Waals surface area contributed by atoms with Crippen LogP contribution in [0, 0.1) is 0 Å². The second-order valence-corrected chi connectivity index (χ2v) is 9.63. The summed E-state index contributed by atoms with van der Waals surface area (Å²) < 4.78 is 11.5. The van der Waals surface area contributed by atoms with E-state index in [4.69, 9.17) is 26.5 Å². The number of nitrogens with zero attached hydrogens (tertiary/aromatic N) is 3. The van der Waals surface area contributed by atoms with Crippen molar-refractivity contribution >= 4 is 34.7 Å². The number of aromatic nitrogens is 2. The van der Waals surface area contributed by atoms with Gasteiger partial charge in [0.05, 0.1) is 17.7 Å². The Kier molecular flexibility index (Phi) is 8.03. The van der Waals surface area contributed by atoms with Crippen LogP contribution >= 0.6 is 24.0 Å². The molecular formula is C26H30N4O2S2. The summed E-state index contributed by atoms with van der Waals surface area (Å²) in [6.45, 7) is 7.58. The van der Waals surface area contributed by atoms with Crippen LogP contribution in [0.5, 0.6) is 0 Å². The molecule has 0 amide bonds. The van der Waals surface area contributed by atoms with Crippen LogP contribution in [-0.2, 0) is 4.74 Å². The number of rotatable bonds is 9. The van der Waals surface area contributed by atoms with E-state index in [-0.39, 0.29) is 12.1 Å². The molecule has 2 heterocycles. The standard InChI is InChI=1S/C26H30N4O2S2/c1-17(2)31-16-8-15-30-18(3)22(23(27-26(30)33)19-9-6-5-7-10-19)25-28-24(29-32-25)20-11-13-21(34-4)14-12-20/h5-7,9-14,17,23H,8,15-16H2,1-4H3,(H,27,33). The van der Waals surface area contributed by atoms with Crippen molar-refractivity contribution in [1.29, 1.82) is 0 Å². The van der Waals surface area contributed by atoms with Gasteiger partial charge in [-0.3, -0.25) is 0 Å². The summed E-state index contributed by atoms with van der Waals surface area (Å²) in [4.78, 5) is 8.08. The number of benzene rings is 2. The average Bonchev–Trinajstić information content (AvgIpc) is 3.33. The van der Waals surface area contributed by atoms with Crippen molar-refractivity contribution in [1.82, 2.24) is 20.4 Å². The minimum absolute atomic E-state index is 0.177. The lowest BCUT2D eigenvalue weighted by Gasteiger charge is -2.37. The molecule has 3 aromatic rings. The van der Waals surface area contributed by atoms with Crippen molar-refractivity contribution in [3.8, 4) is 11.4 Å². The van der Waals surface area contributed by atoms with Crippen LogP contribution in [0.25, 0.3) is 17.0 Å². The lowest BCUT2D eigenvalue weighted by atomic mass is 9.95. The van der Waals surface area contributed by atoms with Gasteiger partial charge in [0.15, 0.2) is 5.11 Å². The molecule has 1 aliphatic heterocycles.